The van der Waals surface area contributed by atoms with Crippen molar-refractivity contribution < 1.29 is 14.3 Å². The Kier molecular flexibility index (Phi) is 4.58. The third kappa shape index (κ3) is 3.29. The Bertz CT molecular complexity index is 816. The lowest BCUT2D eigenvalue weighted by molar-refractivity contribution is -0.118. The zero-order chi connectivity index (χ0) is 17.3. The Hall–Kier alpha value is -2.33. The summed E-state index contributed by atoms with van der Waals surface area (Å²) in [5, 5.41) is 3.26. The molecule has 3 rings (SSSR count). The molecule has 0 saturated carbocycles. The van der Waals surface area contributed by atoms with Crippen LogP contribution in [0.2, 0.25) is 5.02 Å². The summed E-state index contributed by atoms with van der Waals surface area (Å²) in [7, 11) is 0. The molecule has 0 saturated heterocycles. The van der Waals surface area contributed by atoms with Crippen LogP contribution in [-0.4, -0.2) is 18.3 Å². The Morgan fingerprint density at radius 1 is 1.33 bits per heavy atom. The number of nitrogens with one attached hydrogen (secondary N) is 1. The predicted molar refractivity (Wildman–Crippen MR) is 94.1 cm³/mol. The molecule has 1 N–H and O–H groups in total. The first-order valence-corrected chi connectivity index (χ1v) is 8.18. The number of hydrogen-bond acceptors (Lipinski definition) is 3. The first-order valence-electron chi connectivity index (χ1n) is 7.80. The lowest BCUT2D eigenvalue weighted by Gasteiger charge is -2.13. The van der Waals surface area contributed by atoms with Gasteiger partial charge in [-0.15, -0.1) is 0 Å². The molecule has 0 bridgehead atoms. The molecule has 0 radical (unpaired) electrons. The van der Waals surface area contributed by atoms with E-state index in [1.807, 2.05) is 19.9 Å². The summed E-state index contributed by atoms with van der Waals surface area (Å²) in [5.74, 6) is 0.444. The lowest BCUT2D eigenvalue weighted by Crippen LogP contribution is -2.20. The van der Waals surface area contributed by atoms with Crippen LogP contribution in [0.25, 0.3) is 0 Å². The van der Waals surface area contributed by atoms with Crippen molar-refractivity contribution in [2.24, 2.45) is 0 Å². The van der Waals surface area contributed by atoms with Crippen LogP contribution in [0.1, 0.15) is 40.7 Å². The number of aryl methyl sites for hydroxylation is 1. The van der Waals surface area contributed by atoms with Gasteiger partial charge in [0, 0.05) is 17.1 Å². The van der Waals surface area contributed by atoms with Gasteiger partial charge in [-0.25, -0.2) is 0 Å². The van der Waals surface area contributed by atoms with Gasteiger partial charge in [-0.05, 0) is 48.2 Å². The SMILES string of the molecule is Cc1ccc(OCC(=O)Nc2cccc(Cl)c2)c2c1C(C)CC2=O. The third-order valence-corrected chi connectivity index (χ3v) is 4.39. The van der Waals surface area contributed by atoms with E-state index in [1.54, 1.807) is 30.3 Å². The zero-order valence-electron chi connectivity index (χ0n) is 13.6. The average Bonchev–Trinajstić information content (AvgIpc) is 2.83. The lowest BCUT2D eigenvalue weighted by atomic mass is 9.97. The van der Waals surface area contributed by atoms with Gasteiger partial charge < -0.3 is 10.1 Å². The van der Waals surface area contributed by atoms with E-state index in [-0.39, 0.29) is 24.2 Å². The fraction of sp³-hybridized carbons (Fsp3) is 0.263. The summed E-state index contributed by atoms with van der Waals surface area (Å²) >= 11 is 5.89. The standard InChI is InChI=1S/C19H18ClNO3/c1-11-6-7-16(19-15(22)8-12(2)18(11)19)24-10-17(23)21-14-5-3-4-13(20)9-14/h3-7,9,12H,8,10H2,1-2H3,(H,21,23). The number of carbonyl (C=O) groups is 2. The van der Waals surface area contributed by atoms with Gasteiger partial charge >= 0.3 is 0 Å². The van der Waals surface area contributed by atoms with E-state index in [0.29, 0.717) is 28.4 Å². The van der Waals surface area contributed by atoms with Crippen molar-refractivity contribution in [1.29, 1.82) is 0 Å². The molecule has 5 heteroatoms. The summed E-state index contributed by atoms with van der Waals surface area (Å²) < 4.78 is 5.62. The molecular formula is C19H18ClNO3. The van der Waals surface area contributed by atoms with E-state index < -0.39 is 0 Å². The molecule has 1 amide bonds. The number of anilines is 1. The number of ether oxygens (including phenoxy) is 1. The molecule has 0 fully saturated rings. The number of amides is 1. The van der Waals surface area contributed by atoms with Gasteiger partial charge in [-0.1, -0.05) is 30.7 Å². The Morgan fingerprint density at radius 2 is 2.12 bits per heavy atom. The van der Waals surface area contributed by atoms with Gasteiger partial charge in [0.25, 0.3) is 5.91 Å². The minimum atomic E-state index is -0.301. The van der Waals surface area contributed by atoms with Gasteiger partial charge in [-0.3, -0.25) is 9.59 Å². The van der Waals surface area contributed by atoms with E-state index in [2.05, 4.69) is 5.32 Å². The summed E-state index contributed by atoms with van der Waals surface area (Å²) in [6.07, 6.45) is 0.491. The molecule has 1 unspecified atom stereocenters. The van der Waals surface area contributed by atoms with E-state index >= 15 is 0 Å². The molecular weight excluding hydrogens is 326 g/mol. The predicted octanol–water partition coefficient (Wildman–Crippen LogP) is 4.36. The number of rotatable bonds is 4. The molecule has 0 aromatic heterocycles. The minimum Gasteiger partial charge on any atom is -0.483 e. The highest BCUT2D eigenvalue weighted by Gasteiger charge is 2.31. The van der Waals surface area contributed by atoms with Crippen molar-refractivity contribution in [2.45, 2.75) is 26.2 Å². The molecule has 24 heavy (non-hydrogen) atoms. The Labute approximate surface area is 145 Å². The minimum absolute atomic E-state index is 0.0754. The van der Waals surface area contributed by atoms with Crippen molar-refractivity contribution in [1.82, 2.24) is 0 Å². The number of benzene rings is 2. The summed E-state index contributed by atoms with van der Waals surface area (Å²) in [5.41, 5.74) is 3.35. The molecule has 1 atom stereocenters. The van der Waals surface area contributed by atoms with E-state index in [9.17, 15) is 9.59 Å². The number of halogens is 1. The van der Waals surface area contributed by atoms with Crippen LogP contribution >= 0.6 is 11.6 Å². The van der Waals surface area contributed by atoms with Crippen LogP contribution in [0.5, 0.6) is 5.75 Å². The second-order valence-corrected chi connectivity index (χ2v) is 6.48. The molecule has 1 aliphatic rings. The van der Waals surface area contributed by atoms with Crippen LogP contribution < -0.4 is 10.1 Å². The largest absolute Gasteiger partial charge is 0.483 e. The fourth-order valence-corrected chi connectivity index (χ4v) is 3.33. The van der Waals surface area contributed by atoms with E-state index in [0.717, 1.165) is 11.1 Å². The van der Waals surface area contributed by atoms with Crippen LogP contribution in [0.4, 0.5) is 5.69 Å². The van der Waals surface area contributed by atoms with Crippen molar-refractivity contribution in [2.75, 3.05) is 11.9 Å². The average molecular weight is 344 g/mol. The van der Waals surface area contributed by atoms with Gasteiger partial charge in [0.2, 0.25) is 0 Å². The topological polar surface area (TPSA) is 55.4 Å². The number of fused-ring (bicyclic) bond motifs is 1. The molecule has 1 aliphatic carbocycles. The third-order valence-electron chi connectivity index (χ3n) is 4.16. The van der Waals surface area contributed by atoms with Gasteiger partial charge in [-0.2, -0.15) is 0 Å². The molecule has 0 aliphatic heterocycles. The van der Waals surface area contributed by atoms with Crippen molar-refractivity contribution >= 4 is 29.0 Å². The number of carbonyl (C=O) groups excluding carboxylic acids is 2. The van der Waals surface area contributed by atoms with Crippen LogP contribution in [0, 0.1) is 6.92 Å². The van der Waals surface area contributed by atoms with Crippen molar-refractivity contribution in [3.63, 3.8) is 0 Å². The second kappa shape index (κ2) is 6.65. The molecule has 4 nitrogen and oxygen atoms in total. The van der Waals surface area contributed by atoms with Crippen molar-refractivity contribution in [3.05, 3.63) is 58.1 Å². The highest BCUT2D eigenvalue weighted by Crippen LogP contribution is 2.40. The highest BCUT2D eigenvalue weighted by molar-refractivity contribution is 6.30. The number of hydrogen-bond donors (Lipinski definition) is 1. The highest BCUT2D eigenvalue weighted by atomic mass is 35.5. The maximum atomic E-state index is 12.2. The Balaban J connectivity index is 1.72. The molecule has 2 aromatic carbocycles. The van der Waals surface area contributed by atoms with Gasteiger partial charge in [0.15, 0.2) is 12.4 Å². The molecule has 0 spiro atoms. The fourth-order valence-electron chi connectivity index (χ4n) is 3.14. The maximum Gasteiger partial charge on any atom is 0.262 e. The van der Waals surface area contributed by atoms with E-state index in [1.165, 1.54) is 0 Å². The number of Topliss-reactive ketones (excluding diaryl/α,β-unsaturated/α-hetero) is 1. The van der Waals surface area contributed by atoms with Crippen molar-refractivity contribution in [3.8, 4) is 5.75 Å². The summed E-state index contributed by atoms with van der Waals surface area (Å²) in [4.78, 5) is 24.3. The maximum absolute atomic E-state index is 12.2. The smallest absolute Gasteiger partial charge is 0.262 e. The Morgan fingerprint density at radius 3 is 2.88 bits per heavy atom. The zero-order valence-corrected chi connectivity index (χ0v) is 14.3. The van der Waals surface area contributed by atoms with Gasteiger partial charge in [0.05, 0.1) is 5.56 Å². The monoisotopic (exact) mass is 343 g/mol. The number of ketones is 1. The van der Waals surface area contributed by atoms with Crippen LogP contribution in [0.15, 0.2) is 36.4 Å². The van der Waals surface area contributed by atoms with Gasteiger partial charge in [0.1, 0.15) is 5.75 Å². The van der Waals surface area contributed by atoms with Crippen LogP contribution in [-0.2, 0) is 4.79 Å². The second-order valence-electron chi connectivity index (χ2n) is 6.04. The normalized spacial score (nSPS) is 16.0. The van der Waals surface area contributed by atoms with Crippen LogP contribution in [0.3, 0.4) is 0 Å². The first-order chi connectivity index (χ1) is 11.5. The first kappa shape index (κ1) is 16.5. The van der Waals surface area contributed by atoms with E-state index in [4.69, 9.17) is 16.3 Å². The summed E-state index contributed by atoms with van der Waals surface area (Å²) in [6.45, 7) is 3.86. The quantitative estimate of drug-likeness (QED) is 0.897. The molecule has 0 heterocycles. The molecule has 124 valence electrons. The summed E-state index contributed by atoms with van der Waals surface area (Å²) in [6, 6.07) is 10.6. The molecule has 2 aromatic rings.